The number of rotatable bonds is 4. The quantitative estimate of drug-likeness (QED) is 0.916. The molecule has 128 valence electrons. The molecule has 24 heavy (non-hydrogen) atoms. The number of hydrogen-bond acceptors (Lipinski definition) is 2. The van der Waals surface area contributed by atoms with Gasteiger partial charge in [-0.3, -0.25) is 4.79 Å². The highest BCUT2D eigenvalue weighted by Gasteiger charge is 2.23. The molecule has 0 aliphatic rings. The fourth-order valence-corrected chi connectivity index (χ4v) is 2.59. The first-order valence-electron chi connectivity index (χ1n) is 7.76. The summed E-state index contributed by atoms with van der Waals surface area (Å²) in [6.07, 6.45) is 1.65. The lowest BCUT2D eigenvalue weighted by atomic mass is 9.94. The minimum atomic E-state index is -0.313. The summed E-state index contributed by atoms with van der Waals surface area (Å²) >= 11 is 5.92. The van der Waals surface area contributed by atoms with Gasteiger partial charge in [0.2, 0.25) is 0 Å². The lowest BCUT2D eigenvalue weighted by molar-refractivity contribution is 0.201. The van der Waals surface area contributed by atoms with Crippen LogP contribution in [0.2, 0.25) is 5.02 Å². The molecule has 1 aromatic carbocycles. The monoisotopic (exact) mass is 347 g/mol. The van der Waals surface area contributed by atoms with E-state index in [1.54, 1.807) is 37.3 Å². The van der Waals surface area contributed by atoms with Crippen molar-refractivity contribution in [2.75, 3.05) is 12.4 Å². The number of nitrogens with zero attached hydrogens (tertiary/aromatic N) is 2. The van der Waals surface area contributed by atoms with Crippen molar-refractivity contribution in [3.05, 3.63) is 63.5 Å². The minimum Gasteiger partial charge on any atom is -0.324 e. The lowest BCUT2D eigenvalue weighted by Gasteiger charge is -2.30. The van der Waals surface area contributed by atoms with Gasteiger partial charge in [-0.25, -0.2) is 4.79 Å². The van der Waals surface area contributed by atoms with E-state index in [9.17, 15) is 9.59 Å². The van der Waals surface area contributed by atoms with Crippen molar-refractivity contribution in [3.8, 4) is 0 Å². The van der Waals surface area contributed by atoms with Gasteiger partial charge in [0.1, 0.15) is 5.69 Å². The number of aromatic nitrogens is 1. The summed E-state index contributed by atoms with van der Waals surface area (Å²) in [6, 6.07) is 10.6. The fraction of sp³-hybridized carbons (Fsp3) is 0.333. The van der Waals surface area contributed by atoms with Crippen molar-refractivity contribution >= 4 is 23.3 Å². The Morgan fingerprint density at radius 1 is 1.21 bits per heavy atom. The summed E-state index contributed by atoms with van der Waals surface area (Å²) in [5, 5.41) is 3.36. The molecule has 1 aromatic heterocycles. The molecule has 0 aliphatic carbocycles. The molecule has 1 N–H and O–H groups in total. The van der Waals surface area contributed by atoms with Crippen LogP contribution in [0.3, 0.4) is 0 Å². The zero-order valence-corrected chi connectivity index (χ0v) is 15.0. The predicted molar refractivity (Wildman–Crippen MR) is 97.8 cm³/mol. The van der Waals surface area contributed by atoms with Gasteiger partial charge in [0.15, 0.2) is 0 Å². The van der Waals surface area contributed by atoms with Crippen LogP contribution in [-0.2, 0) is 7.05 Å². The largest absolute Gasteiger partial charge is 0.324 e. The maximum atomic E-state index is 12.5. The van der Waals surface area contributed by atoms with E-state index in [-0.39, 0.29) is 29.2 Å². The number of urea groups is 1. The Labute approximate surface area is 146 Å². The zero-order valence-electron chi connectivity index (χ0n) is 14.3. The molecule has 2 aromatic rings. The second kappa shape index (κ2) is 7.53. The second-order valence-corrected chi connectivity index (χ2v) is 6.40. The Hall–Kier alpha value is -2.27. The number of amides is 2. The normalized spacial score (nSPS) is 13.2. The smallest absolute Gasteiger partial charge is 0.321 e. The van der Waals surface area contributed by atoms with E-state index >= 15 is 0 Å². The SMILES string of the molecule is C[C@H]([C@@H](C)c1ccc(Cl)cc1)N(C)C(=O)Nc1cccn(C)c1=O. The van der Waals surface area contributed by atoms with Gasteiger partial charge in [-0.05, 0) is 36.8 Å². The van der Waals surface area contributed by atoms with Crippen molar-refractivity contribution < 1.29 is 4.79 Å². The summed E-state index contributed by atoms with van der Waals surface area (Å²) in [5.74, 6) is 0.122. The van der Waals surface area contributed by atoms with Crippen LogP contribution in [0.4, 0.5) is 10.5 Å². The molecular weight excluding hydrogens is 326 g/mol. The molecule has 0 saturated heterocycles. The van der Waals surface area contributed by atoms with Crippen LogP contribution in [0, 0.1) is 0 Å². The molecule has 0 unspecified atom stereocenters. The molecule has 0 bridgehead atoms. The maximum absolute atomic E-state index is 12.5. The second-order valence-electron chi connectivity index (χ2n) is 5.96. The van der Waals surface area contributed by atoms with Gasteiger partial charge < -0.3 is 14.8 Å². The Bertz CT molecular complexity index is 771. The Kier molecular flexibility index (Phi) is 5.67. The van der Waals surface area contributed by atoms with Crippen LogP contribution in [0.25, 0.3) is 0 Å². The van der Waals surface area contributed by atoms with Crippen LogP contribution in [0.15, 0.2) is 47.4 Å². The molecule has 2 rings (SSSR count). The number of pyridine rings is 1. The molecule has 0 aliphatic heterocycles. The number of nitrogens with one attached hydrogen (secondary N) is 1. The van der Waals surface area contributed by atoms with Crippen molar-refractivity contribution in [3.63, 3.8) is 0 Å². The van der Waals surface area contributed by atoms with E-state index in [2.05, 4.69) is 12.2 Å². The van der Waals surface area contributed by atoms with E-state index in [0.29, 0.717) is 5.02 Å². The van der Waals surface area contributed by atoms with E-state index in [1.807, 2.05) is 31.2 Å². The van der Waals surface area contributed by atoms with Crippen LogP contribution < -0.4 is 10.9 Å². The molecule has 1 heterocycles. The van der Waals surface area contributed by atoms with E-state index in [1.165, 1.54) is 4.57 Å². The molecule has 2 amide bonds. The van der Waals surface area contributed by atoms with E-state index < -0.39 is 0 Å². The molecule has 2 atom stereocenters. The molecule has 6 heteroatoms. The van der Waals surface area contributed by atoms with E-state index in [0.717, 1.165) is 5.56 Å². The first-order valence-corrected chi connectivity index (χ1v) is 8.14. The average Bonchev–Trinajstić information content (AvgIpc) is 2.57. The van der Waals surface area contributed by atoms with Crippen LogP contribution in [0.1, 0.15) is 25.3 Å². The van der Waals surface area contributed by atoms with Gasteiger partial charge in [0.05, 0.1) is 0 Å². The first-order chi connectivity index (χ1) is 11.3. The number of benzene rings is 1. The highest BCUT2D eigenvalue weighted by Crippen LogP contribution is 2.24. The summed E-state index contributed by atoms with van der Waals surface area (Å²) in [6.45, 7) is 4.03. The lowest BCUT2D eigenvalue weighted by Crippen LogP contribution is -2.41. The first kappa shape index (κ1) is 18.1. The summed E-state index contributed by atoms with van der Waals surface area (Å²) in [7, 11) is 3.37. The van der Waals surface area contributed by atoms with E-state index in [4.69, 9.17) is 11.6 Å². The topological polar surface area (TPSA) is 54.3 Å². The number of anilines is 1. The fourth-order valence-electron chi connectivity index (χ4n) is 2.46. The summed E-state index contributed by atoms with van der Waals surface area (Å²) in [5.41, 5.74) is 1.13. The van der Waals surface area contributed by atoms with Crippen LogP contribution >= 0.6 is 11.6 Å². The van der Waals surface area contributed by atoms with Crippen molar-refractivity contribution in [2.45, 2.75) is 25.8 Å². The van der Waals surface area contributed by atoms with Crippen molar-refractivity contribution in [1.29, 1.82) is 0 Å². The van der Waals surface area contributed by atoms with Crippen LogP contribution in [-0.4, -0.2) is 28.6 Å². The number of likely N-dealkylation sites (N-methyl/N-ethyl adjacent to an activating group) is 1. The third-order valence-corrected chi connectivity index (χ3v) is 4.67. The predicted octanol–water partition coefficient (Wildman–Crippen LogP) is 3.69. The number of aryl methyl sites for hydroxylation is 1. The summed E-state index contributed by atoms with van der Waals surface area (Å²) < 4.78 is 1.43. The van der Waals surface area contributed by atoms with Crippen LogP contribution in [0.5, 0.6) is 0 Å². The molecular formula is C18H22ClN3O2. The van der Waals surface area contributed by atoms with Gasteiger partial charge in [-0.1, -0.05) is 30.7 Å². The van der Waals surface area contributed by atoms with Gasteiger partial charge in [0, 0.05) is 37.3 Å². The Morgan fingerprint density at radius 2 is 1.83 bits per heavy atom. The maximum Gasteiger partial charge on any atom is 0.321 e. The number of carbonyl (C=O) groups excluding carboxylic acids is 1. The van der Waals surface area contributed by atoms with Crippen molar-refractivity contribution in [2.24, 2.45) is 7.05 Å². The third-order valence-electron chi connectivity index (χ3n) is 4.42. The molecule has 0 spiro atoms. The number of halogens is 1. The standard InChI is InChI=1S/C18H22ClN3O2/c1-12(14-7-9-15(19)10-8-14)13(2)22(4)18(24)20-16-6-5-11-21(3)17(16)23/h5-13H,1-4H3,(H,20,24)/t12-,13-/m1/s1. The Balaban J connectivity index is 2.10. The van der Waals surface area contributed by atoms with Gasteiger partial charge >= 0.3 is 6.03 Å². The number of hydrogen-bond donors (Lipinski definition) is 1. The summed E-state index contributed by atoms with van der Waals surface area (Å²) in [4.78, 5) is 26.1. The molecule has 0 fully saturated rings. The molecule has 5 nitrogen and oxygen atoms in total. The molecule has 0 radical (unpaired) electrons. The Morgan fingerprint density at radius 3 is 2.46 bits per heavy atom. The average molecular weight is 348 g/mol. The number of carbonyl (C=O) groups is 1. The highest BCUT2D eigenvalue weighted by molar-refractivity contribution is 6.30. The van der Waals surface area contributed by atoms with Crippen molar-refractivity contribution in [1.82, 2.24) is 9.47 Å². The third kappa shape index (κ3) is 3.97. The van der Waals surface area contributed by atoms with Gasteiger partial charge in [-0.2, -0.15) is 0 Å². The van der Waals surface area contributed by atoms with Gasteiger partial charge in [0.25, 0.3) is 5.56 Å². The highest BCUT2D eigenvalue weighted by atomic mass is 35.5. The minimum absolute atomic E-state index is 0.0567. The zero-order chi connectivity index (χ0) is 17.9. The molecule has 0 saturated carbocycles. The van der Waals surface area contributed by atoms with Gasteiger partial charge in [-0.15, -0.1) is 0 Å².